The third kappa shape index (κ3) is 2.21. The van der Waals surface area contributed by atoms with E-state index in [4.69, 9.17) is 4.74 Å². The summed E-state index contributed by atoms with van der Waals surface area (Å²) in [6, 6.07) is 4.75. The standard InChI is InChI=1S/C11H13NO3/c1-15-8-4-5-10(13)9(6-8)12-11(14)7-2-3-7/h4-7,13H,2-3H2,1H3,(H,12,14). The van der Waals surface area contributed by atoms with Gasteiger partial charge in [-0.15, -0.1) is 0 Å². The Morgan fingerprint density at radius 2 is 2.27 bits per heavy atom. The van der Waals surface area contributed by atoms with Crippen molar-refractivity contribution in [2.45, 2.75) is 12.8 Å². The Morgan fingerprint density at radius 1 is 1.53 bits per heavy atom. The Kier molecular flexibility index (Phi) is 2.49. The van der Waals surface area contributed by atoms with E-state index in [2.05, 4.69) is 5.32 Å². The highest BCUT2D eigenvalue weighted by atomic mass is 16.5. The molecular weight excluding hydrogens is 194 g/mol. The number of rotatable bonds is 3. The molecule has 1 aromatic carbocycles. The number of methoxy groups -OCH3 is 1. The number of anilines is 1. The van der Waals surface area contributed by atoms with E-state index in [1.54, 1.807) is 19.2 Å². The van der Waals surface area contributed by atoms with Gasteiger partial charge in [-0.1, -0.05) is 0 Å². The molecule has 0 saturated heterocycles. The van der Waals surface area contributed by atoms with E-state index in [9.17, 15) is 9.90 Å². The number of hydrogen-bond acceptors (Lipinski definition) is 3. The minimum absolute atomic E-state index is 0.0291. The molecule has 0 aliphatic heterocycles. The van der Waals surface area contributed by atoms with Gasteiger partial charge in [0, 0.05) is 12.0 Å². The molecule has 0 spiro atoms. The predicted octanol–water partition coefficient (Wildman–Crippen LogP) is 1.75. The lowest BCUT2D eigenvalue weighted by atomic mass is 10.2. The van der Waals surface area contributed by atoms with Gasteiger partial charge in [-0.3, -0.25) is 4.79 Å². The maximum atomic E-state index is 11.5. The van der Waals surface area contributed by atoms with Crippen molar-refractivity contribution in [3.63, 3.8) is 0 Å². The summed E-state index contributed by atoms with van der Waals surface area (Å²) in [7, 11) is 1.54. The van der Waals surface area contributed by atoms with E-state index in [1.165, 1.54) is 6.07 Å². The van der Waals surface area contributed by atoms with E-state index >= 15 is 0 Å². The number of ether oxygens (including phenoxy) is 1. The fourth-order valence-corrected chi connectivity index (χ4v) is 1.32. The van der Waals surface area contributed by atoms with Crippen molar-refractivity contribution >= 4 is 11.6 Å². The fourth-order valence-electron chi connectivity index (χ4n) is 1.32. The van der Waals surface area contributed by atoms with Crippen molar-refractivity contribution in [2.75, 3.05) is 12.4 Å². The average molecular weight is 207 g/mol. The monoisotopic (exact) mass is 207 g/mol. The van der Waals surface area contributed by atoms with Crippen molar-refractivity contribution in [1.82, 2.24) is 0 Å². The van der Waals surface area contributed by atoms with Gasteiger partial charge in [0.25, 0.3) is 0 Å². The maximum absolute atomic E-state index is 11.5. The predicted molar refractivity (Wildman–Crippen MR) is 56.0 cm³/mol. The van der Waals surface area contributed by atoms with E-state index < -0.39 is 0 Å². The Labute approximate surface area is 87.9 Å². The summed E-state index contributed by atoms with van der Waals surface area (Å²) >= 11 is 0. The van der Waals surface area contributed by atoms with Crippen LogP contribution in [0, 0.1) is 5.92 Å². The van der Waals surface area contributed by atoms with Crippen LogP contribution in [-0.2, 0) is 4.79 Å². The highest BCUT2D eigenvalue weighted by Gasteiger charge is 2.30. The molecule has 80 valence electrons. The second-order valence-electron chi connectivity index (χ2n) is 3.65. The molecule has 1 amide bonds. The van der Waals surface area contributed by atoms with E-state index in [0.29, 0.717) is 11.4 Å². The zero-order chi connectivity index (χ0) is 10.8. The SMILES string of the molecule is COc1ccc(O)c(NC(=O)C2CC2)c1. The van der Waals surface area contributed by atoms with Gasteiger partial charge in [-0.2, -0.15) is 0 Å². The molecular formula is C11H13NO3. The zero-order valence-electron chi connectivity index (χ0n) is 8.49. The maximum Gasteiger partial charge on any atom is 0.227 e. The van der Waals surface area contributed by atoms with Gasteiger partial charge in [-0.05, 0) is 25.0 Å². The summed E-state index contributed by atoms with van der Waals surface area (Å²) in [5.41, 5.74) is 0.409. The number of benzene rings is 1. The summed E-state index contributed by atoms with van der Waals surface area (Å²) in [6.45, 7) is 0. The third-order valence-corrected chi connectivity index (χ3v) is 2.41. The first-order chi connectivity index (χ1) is 7.20. The quantitative estimate of drug-likeness (QED) is 0.742. The Bertz CT molecular complexity index is 385. The molecule has 0 atom stereocenters. The molecule has 4 nitrogen and oxygen atoms in total. The molecule has 1 saturated carbocycles. The van der Waals surface area contributed by atoms with Crippen LogP contribution in [0.5, 0.6) is 11.5 Å². The molecule has 2 rings (SSSR count). The van der Waals surface area contributed by atoms with Crippen molar-refractivity contribution in [3.8, 4) is 11.5 Å². The highest BCUT2D eigenvalue weighted by Crippen LogP contribution is 2.33. The Morgan fingerprint density at radius 3 is 2.87 bits per heavy atom. The topological polar surface area (TPSA) is 58.6 Å². The molecule has 0 unspecified atom stereocenters. The van der Waals surface area contributed by atoms with Crippen molar-refractivity contribution in [2.24, 2.45) is 5.92 Å². The van der Waals surface area contributed by atoms with E-state index in [-0.39, 0.29) is 17.6 Å². The van der Waals surface area contributed by atoms with E-state index in [1.807, 2.05) is 0 Å². The first kappa shape index (κ1) is 9.83. The van der Waals surface area contributed by atoms with Crippen LogP contribution in [-0.4, -0.2) is 18.1 Å². The van der Waals surface area contributed by atoms with Gasteiger partial charge in [0.05, 0.1) is 12.8 Å². The number of amides is 1. The van der Waals surface area contributed by atoms with Crippen LogP contribution in [0.4, 0.5) is 5.69 Å². The van der Waals surface area contributed by atoms with E-state index in [0.717, 1.165) is 12.8 Å². The molecule has 1 fully saturated rings. The van der Waals surface area contributed by atoms with Gasteiger partial charge < -0.3 is 15.2 Å². The van der Waals surface area contributed by atoms with Crippen LogP contribution >= 0.6 is 0 Å². The summed E-state index contributed by atoms with van der Waals surface area (Å²) in [6.07, 6.45) is 1.88. The first-order valence-electron chi connectivity index (χ1n) is 4.88. The van der Waals surface area contributed by atoms with Crippen LogP contribution in [0.1, 0.15) is 12.8 Å². The molecule has 0 aromatic heterocycles. The molecule has 15 heavy (non-hydrogen) atoms. The summed E-state index contributed by atoms with van der Waals surface area (Å²) < 4.78 is 5.01. The lowest BCUT2D eigenvalue weighted by molar-refractivity contribution is -0.117. The lowest BCUT2D eigenvalue weighted by Gasteiger charge is -2.08. The van der Waals surface area contributed by atoms with Crippen molar-refractivity contribution in [1.29, 1.82) is 0 Å². The van der Waals surface area contributed by atoms with Crippen LogP contribution in [0.25, 0.3) is 0 Å². The van der Waals surface area contributed by atoms with Crippen molar-refractivity contribution < 1.29 is 14.6 Å². The number of aromatic hydroxyl groups is 1. The third-order valence-electron chi connectivity index (χ3n) is 2.41. The zero-order valence-corrected chi connectivity index (χ0v) is 8.49. The van der Waals surface area contributed by atoms with Gasteiger partial charge in [0.1, 0.15) is 11.5 Å². The Hall–Kier alpha value is -1.71. The minimum Gasteiger partial charge on any atom is -0.506 e. The van der Waals surface area contributed by atoms with Crippen molar-refractivity contribution in [3.05, 3.63) is 18.2 Å². The van der Waals surface area contributed by atoms with Gasteiger partial charge in [0.15, 0.2) is 0 Å². The van der Waals surface area contributed by atoms with Crippen LogP contribution in [0.3, 0.4) is 0 Å². The van der Waals surface area contributed by atoms with Crippen LogP contribution in [0.15, 0.2) is 18.2 Å². The number of nitrogens with one attached hydrogen (secondary N) is 1. The van der Waals surface area contributed by atoms with Crippen LogP contribution in [0.2, 0.25) is 0 Å². The summed E-state index contributed by atoms with van der Waals surface area (Å²) in [5.74, 6) is 0.762. The summed E-state index contributed by atoms with van der Waals surface area (Å²) in [5, 5.41) is 12.2. The number of carbonyl (C=O) groups excluding carboxylic acids is 1. The molecule has 4 heteroatoms. The smallest absolute Gasteiger partial charge is 0.227 e. The van der Waals surface area contributed by atoms with Gasteiger partial charge in [0.2, 0.25) is 5.91 Å². The minimum atomic E-state index is -0.0291. The van der Waals surface area contributed by atoms with Gasteiger partial charge >= 0.3 is 0 Å². The summed E-state index contributed by atoms with van der Waals surface area (Å²) in [4.78, 5) is 11.5. The molecule has 0 radical (unpaired) electrons. The molecule has 0 heterocycles. The second-order valence-corrected chi connectivity index (χ2v) is 3.65. The normalized spacial score (nSPS) is 14.7. The van der Waals surface area contributed by atoms with Gasteiger partial charge in [-0.25, -0.2) is 0 Å². The Balaban J connectivity index is 2.14. The average Bonchev–Trinajstić information content (AvgIpc) is 3.04. The molecule has 1 aliphatic carbocycles. The largest absolute Gasteiger partial charge is 0.506 e. The molecule has 1 aromatic rings. The molecule has 1 aliphatic rings. The number of phenols is 1. The number of hydrogen-bond donors (Lipinski definition) is 2. The highest BCUT2D eigenvalue weighted by molar-refractivity contribution is 5.95. The number of carbonyl (C=O) groups is 1. The molecule has 2 N–H and O–H groups in total. The second kappa shape index (κ2) is 3.81. The lowest BCUT2D eigenvalue weighted by Crippen LogP contribution is -2.13. The number of phenolic OH excluding ortho intramolecular Hbond substituents is 1. The van der Waals surface area contributed by atoms with Crippen LogP contribution < -0.4 is 10.1 Å². The molecule has 0 bridgehead atoms. The first-order valence-corrected chi connectivity index (χ1v) is 4.88. The fraction of sp³-hybridized carbons (Fsp3) is 0.364.